The molecule has 192 valence electrons. The van der Waals surface area contributed by atoms with E-state index in [0.717, 1.165) is 27.7 Å². The lowest BCUT2D eigenvalue weighted by Crippen LogP contribution is -2.14. The number of ether oxygens (including phenoxy) is 1. The zero-order valence-electron chi connectivity index (χ0n) is 20.4. The number of pyridine rings is 1. The largest absolute Gasteiger partial charge is 0.457 e. The Labute approximate surface area is 225 Å². The van der Waals surface area contributed by atoms with Gasteiger partial charge in [-0.25, -0.2) is 13.4 Å². The van der Waals surface area contributed by atoms with Gasteiger partial charge in [0, 0.05) is 52.1 Å². The lowest BCUT2D eigenvalue weighted by atomic mass is 10.0. The van der Waals surface area contributed by atoms with E-state index in [1.807, 2.05) is 72.8 Å². The number of rotatable bonds is 9. The first kappa shape index (κ1) is 25.4. The first-order chi connectivity index (χ1) is 18.3. The predicted octanol–water partition coefficient (Wildman–Crippen LogP) is 6.34. The Kier molecular flexibility index (Phi) is 7.39. The van der Waals surface area contributed by atoms with E-state index in [-0.39, 0.29) is 12.3 Å². The molecule has 0 aliphatic heterocycles. The van der Waals surface area contributed by atoms with E-state index in [4.69, 9.17) is 16.3 Å². The summed E-state index contributed by atoms with van der Waals surface area (Å²) in [7, 11) is -3.05. The van der Waals surface area contributed by atoms with Gasteiger partial charge in [-0.05, 0) is 42.5 Å². The van der Waals surface area contributed by atoms with Crippen LogP contribution in [0.3, 0.4) is 0 Å². The summed E-state index contributed by atoms with van der Waals surface area (Å²) in [4.78, 5) is 4.20. The highest BCUT2D eigenvalue weighted by atomic mass is 35.5. The summed E-state index contributed by atoms with van der Waals surface area (Å²) in [6.07, 6.45) is 2.80. The predicted molar refractivity (Wildman–Crippen MR) is 152 cm³/mol. The minimum atomic E-state index is -3.05. The lowest BCUT2D eigenvalue weighted by molar-refractivity contribution is 0.482. The number of fused-ring (bicyclic) bond motifs is 1. The van der Waals surface area contributed by atoms with E-state index in [2.05, 4.69) is 25.8 Å². The van der Waals surface area contributed by atoms with E-state index in [1.165, 1.54) is 6.26 Å². The first-order valence-corrected chi connectivity index (χ1v) is 14.2. The SMILES string of the molecule is CS(=O)(=O)CCNc1cc(Oc2ccc(Nc3nnc(-c4ccc(Cl)cc4)c4ccccc34)cc2)ccn1. The number of hydrogen-bond acceptors (Lipinski definition) is 8. The van der Waals surface area contributed by atoms with Crippen molar-refractivity contribution in [2.75, 3.05) is 29.2 Å². The molecule has 2 aromatic heterocycles. The van der Waals surface area contributed by atoms with Gasteiger partial charge in [0.15, 0.2) is 5.82 Å². The molecule has 0 aliphatic rings. The number of aromatic nitrogens is 3. The van der Waals surface area contributed by atoms with Gasteiger partial charge >= 0.3 is 0 Å². The average molecular weight is 546 g/mol. The molecule has 8 nitrogen and oxygen atoms in total. The Morgan fingerprint density at radius 3 is 2.34 bits per heavy atom. The van der Waals surface area contributed by atoms with Crippen molar-refractivity contribution in [1.82, 2.24) is 15.2 Å². The standard InChI is InChI=1S/C28H24ClN5O3S/c1-38(35,36)17-16-31-26-18-23(14-15-30-26)37-22-12-10-21(11-13-22)32-28-25-5-3-2-4-24(25)27(33-34-28)19-6-8-20(29)9-7-19/h2-15,18H,16-17H2,1H3,(H,30,31)(H,32,34). The summed E-state index contributed by atoms with van der Waals surface area (Å²) in [5.41, 5.74) is 2.55. The normalized spacial score (nSPS) is 11.3. The van der Waals surface area contributed by atoms with E-state index >= 15 is 0 Å². The molecule has 2 heterocycles. The summed E-state index contributed by atoms with van der Waals surface area (Å²) in [6, 6.07) is 26.5. The van der Waals surface area contributed by atoms with Crippen molar-refractivity contribution in [3.63, 3.8) is 0 Å². The smallest absolute Gasteiger partial charge is 0.161 e. The highest BCUT2D eigenvalue weighted by Gasteiger charge is 2.11. The Morgan fingerprint density at radius 2 is 1.61 bits per heavy atom. The molecule has 2 N–H and O–H groups in total. The third-order valence-electron chi connectivity index (χ3n) is 5.67. The number of anilines is 3. The maximum atomic E-state index is 11.3. The average Bonchev–Trinajstić information content (AvgIpc) is 2.90. The zero-order chi connectivity index (χ0) is 26.5. The van der Waals surface area contributed by atoms with Crippen LogP contribution in [0.5, 0.6) is 11.5 Å². The van der Waals surface area contributed by atoms with Gasteiger partial charge < -0.3 is 15.4 Å². The van der Waals surface area contributed by atoms with Crippen LogP contribution < -0.4 is 15.4 Å². The van der Waals surface area contributed by atoms with Gasteiger partial charge in [-0.15, -0.1) is 10.2 Å². The third-order valence-corrected chi connectivity index (χ3v) is 6.87. The van der Waals surface area contributed by atoms with Crippen LogP contribution in [0.15, 0.2) is 91.1 Å². The zero-order valence-corrected chi connectivity index (χ0v) is 22.0. The van der Waals surface area contributed by atoms with Gasteiger partial charge in [0.05, 0.1) is 5.75 Å². The number of nitrogens with zero attached hydrogens (tertiary/aromatic N) is 3. The highest BCUT2D eigenvalue weighted by molar-refractivity contribution is 7.90. The quantitative estimate of drug-likeness (QED) is 0.221. The van der Waals surface area contributed by atoms with Gasteiger partial charge in [-0.1, -0.05) is 48.0 Å². The van der Waals surface area contributed by atoms with Crippen molar-refractivity contribution in [2.45, 2.75) is 0 Å². The third kappa shape index (κ3) is 6.37. The first-order valence-electron chi connectivity index (χ1n) is 11.8. The van der Waals surface area contributed by atoms with Gasteiger partial charge in [-0.2, -0.15) is 0 Å². The van der Waals surface area contributed by atoms with Crippen LogP contribution in [0.4, 0.5) is 17.3 Å². The minimum Gasteiger partial charge on any atom is -0.457 e. The molecular formula is C28H24ClN5O3S. The van der Waals surface area contributed by atoms with E-state index in [1.54, 1.807) is 18.3 Å². The van der Waals surface area contributed by atoms with Gasteiger partial charge in [0.2, 0.25) is 0 Å². The summed E-state index contributed by atoms with van der Waals surface area (Å²) in [5, 5.41) is 17.9. The van der Waals surface area contributed by atoms with Crippen LogP contribution in [-0.2, 0) is 9.84 Å². The van der Waals surface area contributed by atoms with Crippen LogP contribution in [-0.4, -0.2) is 42.2 Å². The van der Waals surface area contributed by atoms with Crippen LogP contribution in [0.2, 0.25) is 5.02 Å². The van der Waals surface area contributed by atoms with Crippen LogP contribution in [0, 0.1) is 0 Å². The van der Waals surface area contributed by atoms with Crippen LogP contribution in [0.1, 0.15) is 0 Å². The molecule has 0 saturated carbocycles. The molecular weight excluding hydrogens is 522 g/mol. The monoisotopic (exact) mass is 545 g/mol. The molecule has 0 saturated heterocycles. The maximum Gasteiger partial charge on any atom is 0.161 e. The highest BCUT2D eigenvalue weighted by Crippen LogP contribution is 2.32. The Morgan fingerprint density at radius 1 is 0.868 bits per heavy atom. The van der Waals surface area contributed by atoms with Crippen LogP contribution >= 0.6 is 11.6 Å². The van der Waals surface area contributed by atoms with Gasteiger partial charge in [0.25, 0.3) is 0 Å². The second-order valence-electron chi connectivity index (χ2n) is 8.63. The Balaban J connectivity index is 1.30. The number of nitrogens with one attached hydrogen (secondary N) is 2. The molecule has 0 spiro atoms. The lowest BCUT2D eigenvalue weighted by Gasteiger charge is -2.12. The molecule has 3 aromatic carbocycles. The molecule has 0 fully saturated rings. The van der Waals surface area contributed by atoms with Crippen molar-refractivity contribution >= 4 is 49.5 Å². The van der Waals surface area contributed by atoms with Gasteiger partial charge in [-0.3, -0.25) is 0 Å². The molecule has 10 heteroatoms. The molecule has 0 atom stereocenters. The van der Waals surface area contributed by atoms with Crippen molar-refractivity contribution in [3.05, 3.63) is 96.1 Å². The van der Waals surface area contributed by atoms with Gasteiger partial charge in [0.1, 0.15) is 32.8 Å². The van der Waals surface area contributed by atoms with Crippen LogP contribution in [0.25, 0.3) is 22.0 Å². The minimum absolute atomic E-state index is 0.0255. The summed E-state index contributed by atoms with van der Waals surface area (Å²) in [6.45, 7) is 0.272. The number of halogens is 1. The second kappa shape index (κ2) is 11.0. The molecule has 38 heavy (non-hydrogen) atoms. The molecule has 5 rings (SSSR count). The van der Waals surface area contributed by atoms with Crippen molar-refractivity contribution in [3.8, 4) is 22.8 Å². The molecule has 0 bridgehead atoms. The molecule has 0 aliphatic carbocycles. The molecule has 0 radical (unpaired) electrons. The van der Waals surface area contributed by atoms with E-state index in [0.29, 0.717) is 28.2 Å². The fraction of sp³-hybridized carbons (Fsp3) is 0.107. The topological polar surface area (TPSA) is 106 Å². The number of hydrogen-bond donors (Lipinski definition) is 2. The van der Waals surface area contributed by atoms with E-state index < -0.39 is 9.84 Å². The Hall–Kier alpha value is -4.21. The number of benzene rings is 3. The number of sulfone groups is 1. The fourth-order valence-electron chi connectivity index (χ4n) is 3.83. The van der Waals surface area contributed by atoms with Crippen molar-refractivity contribution in [1.29, 1.82) is 0 Å². The fourth-order valence-corrected chi connectivity index (χ4v) is 4.43. The Bertz CT molecular complexity index is 1680. The van der Waals surface area contributed by atoms with Crippen molar-refractivity contribution in [2.24, 2.45) is 0 Å². The molecule has 0 amide bonds. The summed E-state index contributed by atoms with van der Waals surface area (Å²) >= 11 is 6.05. The maximum absolute atomic E-state index is 11.3. The molecule has 5 aromatic rings. The van der Waals surface area contributed by atoms with Crippen molar-refractivity contribution < 1.29 is 13.2 Å². The summed E-state index contributed by atoms with van der Waals surface area (Å²) in [5.74, 6) is 2.43. The summed E-state index contributed by atoms with van der Waals surface area (Å²) < 4.78 is 28.6. The second-order valence-corrected chi connectivity index (χ2v) is 11.3. The van der Waals surface area contributed by atoms with E-state index in [9.17, 15) is 8.42 Å². The molecule has 0 unspecified atom stereocenters.